The molecule has 1 heterocycles. The second-order valence-electron chi connectivity index (χ2n) is 2.21. The molecule has 0 aliphatic carbocycles. The van der Waals surface area contributed by atoms with E-state index in [-0.39, 0.29) is 0 Å². The Morgan fingerprint density at radius 3 is 2.36 bits per heavy atom. The molecule has 56 valence electrons. The Morgan fingerprint density at radius 2 is 1.91 bits per heavy atom. The predicted octanol–water partition coefficient (Wildman–Crippen LogP) is 0.986. The average molecular weight is 148 g/mol. The van der Waals surface area contributed by atoms with Gasteiger partial charge >= 0.3 is 0 Å². The molecule has 1 aromatic rings. The zero-order valence-corrected chi connectivity index (χ0v) is 6.42. The van der Waals surface area contributed by atoms with Crippen molar-refractivity contribution in [1.82, 2.24) is 9.97 Å². The SMILES string of the molecule is Cc1cc(C)nc(NC#N)n1. The fraction of sp³-hybridized carbons (Fsp3) is 0.286. The van der Waals surface area contributed by atoms with Crippen molar-refractivity contribution in [3.8, 4) is 6.19 Å². The predicted molar refractivity (Wildman–Crippen MR) is 40.7 cm³/mol. The van der Waals surface area contributed by atoms with Crippen molar-refractivity contribution < 1.29 is 0 Å². The lowest BCUT2D eigenvalue weighted by molar-refractivity contribution is 1.06. The molecule has 1 rings (SSSR count). The minimum absolute atomic E-state index is 0.366. The van der Waals surface area contributed by atoms with Crippen molar-refractivity contribution in [2.24, 2.45) is 0 Å². The lowest BCUT2D eigenvalue weighted by Gasteiger charge is -1.98. The van der Waals surface area contributed by atoms with E-state index in [0.29, 0.717) is 5.95 Å². The second-order valence-corrected chi connectivity index (χ2v) is 2.21. The summed E-state index contributed by atoms with van der Waals surface area (Å²) in [6.07, 6.45) is 1.76. The van der Waals surface area contributed by atoms with Crippen molar-refractivity contribution in [3.05, 3.63) is 17.5 Å². The number of aryl methyl sites for hydroxylation is 2. The minimum Gasteiger partial charge on any atom is -0.261 e. The van der Waals surface area contributed by atoms with Crippen molar-refractivity contribution in [2.75, 3.05) is 5.32 Å². The van der Waals surface area contributed by atoms with E-state index in [0.717, 1.165) is 11.4 Å². The van der Waals surface area contributed by atoms with Crippen molar-refractivity contribution in [1.29, 1.82) is 5.26 Å². The van der Waals surface area contributed by atoms with E-state index in [1.807, 2.05) is 19.9 Å². The second kappa shape index (κ2) is 2.97. The maximum atomic E-state index is 8.26. The summed E-state index contributed by atoms with van der Waals surface area (Å²) in [5, 5.41) is 10.6. The molecule has 11 heavy (non-hydrogen) atoms. The molecular weight excluding hydrogens is 140 g/mol. The van der Waals surface area contributed by atoms with Gasteiger partial charge in [-0.15, -0.1) is 0 Å². The van der Waals surface area contributed by atoms with Gasteiger partial charge in [-0.3, -0.25) is 5.32 Å². The Morgan fingerprint density at radius 1 is 1.36 bits per heavy atom. The van der Waals surface area contributed by atoms with Crippen LogP contribution in [-0.4, -0.2) is 9.97 Å². The summed E-state index contributed by atoms with van der Waals surface area (Å²) in [7, 11) is 0. The van der Waals surface area contributed by atoms with Gasteiger partial charge in [0.05, 0.1) is 0 Å². The highest BCUT2D eigenvalue weighted by molar-refractivity contribution is 5.31. The summed E-state index contributed by atoms with van der Waals surface area (Å²) in [6, 6.07) is 1.85. The van der Waals surface area contributed by atoms with Gasteiger partial charge in [-0.05, 0) is 19.9 Å². The van der Waals surface area contributed by atoms with Crippen LogP contribution >= 0.6 is 0 Å². The molecule has 4 nitrogen and oxygen atoms in total. The summed E-state index contributed by atoms with van der Waals surface area (Å²) >= 11 is 0. The summed E-state index contributed by atoms with van der Waals surface area (Å²) in [5.41, 5.74) is 1.71. The van der Waals surface area contributed by atoms with Crippen LogP contribution in [0.4, 0.5) is 5.95 Å². The molecule has 4 heteroatoms. The Kier molecular flexibility index (Phi) is 2.02. The van der Waals surface area contributed by atoms with E-state index in [4.69, 9.17) is 5.26 Å². The first-order valence-corrected chi connectivity index (χ1v) is 3.20. The smallest absolute Gasteiger partial charge is 0.236 e. The van der Waals surface area contributed by atoms with E-state index in [1.165, 1.54) is 0 Å². The third kappa shape index (κ3) is 1.90. The molecule has 0 unspecified atom stereocenters. The standard InChI is InChI=1S/C7H8N4/c1-5-3-6(2)11-7(10-5)9-4-8/h3H,1-2H3,(H,9,10,11). The van der Waals surface area contributed by atoms with Gasteiger partial charge in [0, 0.05) is 11.4 Å². The Labute approximate surface area is 64.9 Å². The van der Waals surface area contributed by atoms with E-state index < -0.39 is 0 Å². The number of hydrogen-bond donors (Lipinski definition) is 1. The monoisotopic (exact) mass is 148 g/mol. The van der Waals surface area contributed by atoms with Gasteiger partial charge in [0.2, 0.25) is 5.95 Å². The molecule has 0 saturated carbocycles. The largest absolute Gasteiger partial charge is 0.261 e. The maximum absolute atomic E-state index is 8.26. The van der Waals surface area contributed by atoms with Gasteiger partial charge in [0.25, 0.3) is 0 Å². The molecule has 1 N–H and O–H groups in total. The quantitative estimate of drug-likeness (QED) is 0.476. The summed E-state index contributed by atoms with van der Waals surface area (Å²) in [4.78, 5) is 7.96. The van der Waals surface area contributed by atoms with Crippen LogP contribution in [0.3, 0.4) is 0 Å². The number of aromatic nitrogens is 2. The van der Waals surface area contributed by atoms with Crippen molar-refractivity contribution in [3.63, 3.8) is 0 Å². The highest BCUT2D eigenvalue weighted by atomic mass is 15.1. The summed E-state index contributed by atoms with van der Waals surface area (Å²) in [6.45, 7) is 3.72. The first kappa shape index (κ1) is 7.48. The van der Waals surface area contributed by atoms with Gasteiger partial charge < -0.3 is 0 Å². The van der Waals surface area contributed by atoms with Crippen LogP contribution in [0.5, 0.6) is 0 Å². The number of nitrogens with one attached hydrogen (secondary N) is 1. The van der Waals surface area contributed by atoms with E-state index in [1.54, 1.807) is 6.19 Å². The van der Waals surface area contributed by atoms with Gasteiger partial charge in [-0.25, -0.2) is 9.97 Å². The molecule has 0 aliphatic heterocycles. The number of rotatable bonds is 1. The summed E-state index contributed by atoms with van der Waals surface area (Å²) < 4.78 is 0. The molecule has 0 saturated heterocycles. The summed E-state index contributed by atoms with van der Waals surface area (Å²) in [5.74, 6) is 0.366. The number of nitrogens with zero attached hydrogens (tertiary/aromatic N) is 3. The molecule has 0 spiro atoms. The van der Waals surface area contributed by atoms with Crippen LogP contribution < -0.4 is 5.32 Å². The zero-order valence-electron chi connectivity index (χ0n) is 6.42. The lowest BCUT2D eigenvalue weighted by atomic mass is 10.4. The lowest BCUT2D eigenvalue weighted by Crippen LogP contribution is -1.98. The molecule has 1 aromatic heterocycles. The van der Waals surface area contributed by atoms with E-state index >= 15 is 0 Å². The molecule has 0 bridgehead atoms. The van der Waals surface area contributed by atoms with Crippen LogP contribution in [0.25, 0.3) is 0 Å². The molecule has 0 aromatic carbocycles. The zero-order chi connectivity index (χ0) is 8.27. The molecule has 0 atom stereocenters. The number of anilines is 1. The van der Waals surface area contributed by atoms with Gasteiger partial charge in [-0.2, -0.15) is 5.26 Å². The molecule has 0 fully saturated rings. The Bertz CT molecular complexity index is 280. The number of nitriles is 1. The van der Waals surface area contributed by atoms with E-state index in [2.05, 4.69) is 15.3 Å². The topological polar surface area (TPSA) is 61.6 Å². The fourth-order valence-corrected chi connectivity index (χ4v) is 0.832. The van der Waals surface area contributed by atoms with Crippen LogP contribution in [0.15, 0.2) is 6.07 Å². The highest BCUT2D eigenvalue weighted by Crippen LogP contribution is 2.01. The maximum Gasteiger partial charge on any atom is 0.236 e. The molecule has 0 aliphatic rings. The van der Waals surface area contributed by atoms with E-state index in [9.17, 15) is 0 Å². The third-order valence-electron chi connectivity index (χ3n) is 1.15. The van der Waals surface area contributed by atoms with Crippen LogP contribution in [0.1, 0.15) is 11.4 Å². The molecule has 0 amide bonds. The van der Waals surface area contributed by atoms with Gasteiger partial charge in [0.15, 0.2) is 6.19 Å². The van der Waals surface area contributed by atoms with Crippen LogP contribution in [-0.2, 0) is 0 Å². The normalized spacial score (nSPS) is 8.82. The van der Waals surface area contributed by atoms with Crippen LogP contribution in [0.2, 0.25) is 0 Å². The number of hydrogen-bond acceptors (Lipinski definition) is 4. The van der Waals surface area contributed by atoms with Crippen molar-refractivity contribution in [2.45, 2.75) is 13.8 Å². The van der Waals surface area contributed by atoms with Gasteiger partial charge in [-0.1, -0.05) is 0 Å². The first-order valence-electron chi connectivity index (χ1n) is 3.20. The van der Waals surface area contributed by atoms with Crippen LogP contribution in [0, 0.1) is 25.3 Å². The van der Waals surface area contributed by atoms with Gasteiger partial charge in [0.1, 0.15) is 0 Å². The average Bonchev–Trinajstić information content (AvgIpc) is 1.85. The van der Waals surface area contributed by atoms with Crippen molar-refractivity contribution >= 4 is 5.95 Å². The molecule has 0 radical (unpaired) electrons. The first-order chi connectivity index (χ1) is 5.22. The molecular formula is C7H8N4. The Hall–Kier alpha value is -1.63. The highest BCUT2D eigenvalue weighted by Gasteiger charge is 1.95. The fourth-order valence-electron chi connectivity index (χ4n) is 0.832. The minimum atomic E-state index is 0.366. The third-order valence-corrected chi connectivity index (χ3v) is 1.15. The Balaban J connectivity index is 3.01.